The summed E-state index contributed by atoms with van der Waals surface area (Å²) in [6.07, 6.45) is 3.27. The van der Waals surface area contributed by atoms with Crippen molar-refractivity contribution in [2.24, 2.45) is 5.41 Å². The number of carbonyl (C=O) groups is 1. The maximum absolute atomic E-state index is 11.6. The zero-order valence-corrected chi connectivity index (χ0v) is 12.6. The van der Waals surface area contributed by atoms with Crippen LogP contribution < -0.4 is 10.6 Å². The first-order valence-electron chi connectivity index (χ1n) is 6.47. The van der Waals surface area contributed by atoms with Crippen LogP contribution in [-0.2, 0) is 6.42 Å². The fourth-order valence-corrected chi connectivity index (χ4v) is 2.36. The molecule has 108 valence electrons. The second kappa shape index (κ2) is 7.45. The van der Waals surface area contributed by atoms with Crippen LogP contribution in [0.2, 0.25) is 0 Å². The lowest BCUT2D eigenvalue weighted by molar-refractivity contribution is 0.201. The number of thiazole rings is 1. The molecule has 0 saturated carbocycles. The van der Waals surface area contributed by atoms with Gasteiger partial charge in [-0.2, -0.15) is 0 Å². The van der Waals surface area contributed by atoms with Gasteiger partial charge in [0.05, 0.1) is 5.01 Å². The molecule has 19 heavy (non-hydrogen) atoms. The van der Waals surface area contributed by atoms with E-state index in [1.807, 2.05) is 27.0 Å². The standard InChI is InChI=1S/C13H23N3O2S/c1-10-8-15-11(19-10)4-6-14-12(18)16-9-13(2,3)5-7-17/h8,17H,4-7,9H2,1-3H3,(H2,14,16,18). The largest absolute Gasteiger partial charge is 0.396 e. The second-order valence-corrected chi connectivity index (χ2v) is 6.68. The van der Waals surface area contributed by atoms with Crippen molar-refractivity contribution in [2.45, 2.75) is 33.6 Å². The number of rotatable bonds is 7. The van der Waals surface area contributed by atoms with Gasteiger partial charge in [0.2, 0.25) is 0 Å². The Morgan fingerprint density at radius 1 is 1.47 bits per heavy atom. The molecule has 1 rings (SSSR count). The fourth-order valence-electron chi connectivity index (χ4n) is 1.57. The van der Waals surface area contributed by atoms with Gasteiger partial charge in [0, 0.05) is 37.2 Å². The molecular weight excluding hydrogens is 262 g/mol. The fraction of sp³-hybridized carbons (Fsp3) is 0.692. The van der Waals surface area contributed by atoms with Crippen molar-refractivity contribution >= 4 is 17.4 Å². The molecule has 0 bridgehead atoms. The van der Waals surface area contributed by atoms with Gasteiger partial charge in [-0.3, -0.25) is 0 Å². The van der Waals surface area contributed by atoms with E-state index in [1.54, 1.807) is 11.3 Å². The number of aliphatic hydroxyl groups is 1. The summed E-state index contributed by atoms with van der Waals surface area (Å²) in [7, 11) is 0. The Labute approximate surface area is 118 Å². The molecule has 1 heterocycles. The summed E-state index contributed by atoms with van der Waals surface area (Å²) < 4.78 is 0. The maximum Gasteiger partial charge on any atom is 0.314 e. The predicted molar refractivity (Wildman–Crippen MR) is 77.4 cm³/mol. The summed E-state index contributed by atoms with van der Waals surface area (Å²) in [6, 6.07) is -0.167. The zero-order valence-electron chi connectivity index (χ0n) is 11.8. The van der Waals surface area contributed by atoms with Crippen LogP contribution in [0.3, 0.4) is 0 Å². The highest BCUT2D eigenvalue weighted by atomic mass is 32.1. The van der Waals surface area contributed by atoms with Gasteiger partial charge >= 0.3 is 6.03 Å². The van der Waals surface area contributed by atoms with Gasteiger partial charge in [-0.15, -0.1) is 11.3 Å². The molecular formula is C13H23N3O2S. The minimum atomic E-state index is -0.167. The summed E-state index contributed by atoms with van der Waals surface area (Å²) in [5.74, 6) is 0. The monoisotopic (exact) mass is 285 g/mol. The third-order valence-corrected chi connectivity index (χ3v) is 3.78. The lowest BCUT2D eigenvalue weighted by atomic mass is 9.90. The van der Waals surface area contributed by atoms with Crippen molar-refractivity contribution in [2.75, 3.05) is 19.7 Å². The minimum Gasteiger partial charge on any atom is -0.396 e. The van der Waals surface area contributed by atoms with E-state index in [2.05, 4.69) is 15.6 Å². The van der Waals surface area contributed by atoms with Gasteiger partial charge in [0.25, 0.3) is 0 Å². The lowest BCUT2D eigenvalue weighted by Crippen LogP contribution is -2.41. The highest BCUT2D eigenvalue weighted by Gasteiger charge is 2.17. The van der Waals surface area contributed by atoms with Crippen LogP contribution in [0.1, 0.15) is 30.2 Å². The Morgan fingerprint density at radius 3 is 2.79 bits per heavy atom. The molecule has 0 aliphatic heterocycles. The molecule has 2 amide bonds. The molecule has 0 aromatic carbocycles. The number of aryl methyl sites for hydroxylation is 1. The topological polar surface area (TPSA) is 74.2 Å². The Morgan fingerprint density at radius 2 is 2.21 bits per heavy atom. The molecule has 6 heteroatoms. The number of hydrogen-bond donors (Lipinski definition) is 3. The van der Waals surface area contributed by atoms with Gasteiger partial charge in [-0.1, -0.05) is 13.8 Å². The SMILES string of the molecule is Cc1cnc(CCNC(=O)NCC(C)(C)CCO)s1. The smallest absolute Gasteiger partial charge is 0.314 e. The van der Waals surface area contributed by atoms with Gasteiger partial charge in [0.15, 0.2) is 0 Å². The van der Waals surface area contributed by atoms with Gasteiger partial charge in [-0.05, 0) is 18.8 Å². The molecule has 1 aromatic heterocycles. The van der Waals surface area contributed by atoms with Crippen molar-refractivity contribution < 1.29 is 9.90 Å². The Bertz CT molecular complexity index is 404. The highest BCUT2D eigenvalue weighted by molar-refractivity contribution is 7.11. The maximum atomic E-state index is 11.6. The number of nitrogens with one attached hydrogen (secondary N) is 2. The third kappa shape index (κ3) is 6.54. The van der Waals surface area contributed by atoms with Gasteiger partial charge < -0.3 is 15.7 Å². The Balaban J connectivity index is 2.18. The molecule has 0 saturated heterocycles. The first-order chi connectivity index (χ1) is 8.93. The molecule has 0 fully saturated rings. The van der Waals surface area contributed by atoms with Crippen LogP contribution in [0.25, 0.3) is 0 Å². The average molecular weight is 285 g/mol. The number of aromatic nitrogens is 1. The number of amides is 2. The molecule has 3 N–H and O–H groups in total. The lowest BCUT2D eigenvalue weighted by Gasteiger charge is -2.23. The van der Waals surface area contributed by atoms with Crippen molar-refractivity contribution in [1.29, 1.82) is 0 Å². The molecule has 0 atom stereocenters. The van der Waals surface area contributed by atoms with Crippen LogP contribution in [-0.4, -0.2) is 35.8 Å². The summed E-state index contributed by atoms with van der Waals surface area (Å²) in [5.41, 5.74) is -0.0848. The third-order valence-electron chi connectivity index (χ3n) is 2.81. The van der Waals surface area contributed by atoms with Crippen LogP contribution in [0.4, 0.5) is 4.79 Å². The van der Waals surface area contributed by atoms with E-state index in [-0.39, 0.29) is 18.1 Å². The van der Waals surface area contributed by atoms with E-state index in [0.717, 1.165) is 11.4 Å². The Kier molecular flexibility index (Phi) is 6.24. The normalized spacial score (nSPS) is 11.4. The number of aliphatic hydroxyl groups excluding tert-OH is 1. The highest BCUT2D eigenvalue weighted by Crippen LogP contribution is 2.17. The molecule has 0 unspecified atom stereocenters. The first kappa shape index (κ1) is 15.9. The van der Waals surface area contributed by atoms with Crippen LogP contribution in [0, 0.1) is 12.3 Å². The van der Waals surface area contributed by atoms with Crippen molar-refractivity contribution in [3.05, 3.63) is 16.1 Å². The first-order valence-corrected chi connectivity index (χ1v) is 7.28. The summed E-state index contributed by atoms with van der Waals surface area (Å²) in [6.45, 7) is 7.32. The molecule has 0 aliphatic carbocycles. The van der Waals surface area contributed by atoms with Crippen molar-refractivity contribution in [1.82, 2.24) is 15.6 Å². The van der Waals surface area contributed by atoms with E-state index in [0.29, 0.717) is 19.5 Å². The number of nitrogens with zero attached hydrogens (tertiary/aromatic N) is 1. The quantitative estimate of drug-likeness (QED) is 0.714. The number of urea groups is 1. The van der Waals surface area contributed by atoms with E-state index in [1.165, 1.54) is 4.88 Å². The van der Waals surface area contributed by atoms with E-state index in [9.17, 15) is 4.79 Å². The van der Waals surface area contributed by atoms with Crippen molar-refractivity contribution in [3.63, 3.8) is 0 Å². The second-order valence-electron chi connectivity index (χ2n) is 5.36. The van der Waals surface area contributed by atoms with Crippen molar-refractivity contribution in [3.8, 4) is 0 Å². The van der Waals surface area contributed by atoms with Gasteiger partial charge in [-0.25, -0.2) is 9.78 Å². The molecule has 0 radical (unpaired) electrons. The van der Waals surface area contributed by atoms with E-state index in [4.69, 9.17) is 5.11 Å². The summed E-state index contributed by atoms with van der Waals surface area (Å²) in [4.78, 5) is 17.0. The molecule has 0 aliphatic rings. The molecule has 1 aromatic rings. The van der Waals surface area contributed by atoms with E-state index < -0.39 is 0 Å². The molecule has 0 spiro atoms. The summed E-state index contributed by atoms with van der Waals surface area (Å²) in [5, 5.41) is 15.6. The minimum absolute atomic E-state index is 0.0848. The Hall–Kier alpha value is -1.14. The number of hydrogen-bond acceptors (Lipinski definition) is 4. The van der Waals surface area contributed by atoms with E-state index >= 15 is 0 Å². The number of carbonyl (C=O) groups excluding carboxylic acids is 1. The predicted octanol–water partition coefficient (Wildman–Crippen LogP) is 1.70. The zero-order chi connectivity index (χ0) is 14.3. The van der Waals surface area contributed by atoms with Crippen LogP contribution in [0.5, 0.6) is 0 Å². The molecule has 5 nitrogen and oxygen atoms in total. The van der Waals surface area contributed by atoms with Crippen LogP contribution >= 0.6 is 11.3 Å². The average Bonchev–Trinajstić information content (AvgIpc) is 2.73. The summed E-state index contributed by atoms with van der Waals surface area (Å²) >= 11 is 1.65. The van der Waals surface area contributed by atoms with Crippen LogP contribution in [0.15, 0.2) is 6.20 Å². The van der Waals surface area contributed by atoms with Gasteiger partial charge in [0.1, 0.15) is 0 Å².